The summed E-state index contributed by atoms with van der Waals surface area (Å²) in [5.41, 5.74) is 14.4. The molecule has 2 aromatic heterocycles. The number of primary amides is 1. The monoisotopic (exact) mass is 402 g/mol. The molecule has 2 aromatic carbocycles. The van der Waals surface area contributed by atoms with E-state index in [2.05, 4.69) is 38.1 Å². The number of nitrogens with one attached hydrogen (secondary N) is 1. The molecule has 1 amide bonds. The number of fused-ring (bicyclic) bond motifs is 1. The molecule has 0 aliphatic rings. The molecule has 0 saturated carbocycles. The quantitative estimate of drug-likeness (QED) is 0.437. The van der Waals surface area contributed by atoms with Gasteiger partial charge in [0.25, 0.3) is 5.91 Å². The first-order chi connectivity index (χ1) is 14.5. The number of hydrogen-bond acceptors (Lipinski definition) is 6. The highest BCUT2D eigenvalue weighted by molar-refractivity contribution is 6.00. The van der Waals surface area contributed by atoms with Gasteiger partial charge in [-0.15, -0.1) is 0 Å². The summed E-state index contributed by atoms with van der Waals surface area (Å²) in [6.45, 7) is 0.826. The van der Waals surface area contributed by atoms with Crippen molar-refractivity contribution in [2.45, 2.75) is 13.0 Å². The van der Waals surface area contributed by atoms with Crippen LogP contribution in [0.1, 0.15) is 15.9 Å². The molecule has 0 bridgehead atoms. The van der Waals surface area contributed by atoms with Gasteiger partial charge >= 0.3 is 0 Å². The minimum absolute atomic E-state index is 0.0618. The smallest absolute Gasteiger partial charge is 0.254 e. The number of amides is 1. The van der Waals surface area contributed by atoms with Gasteiger partial charge in [-0.1, -0.05) is 18.2 Å². The summed E-state index contributed by atoms with van der Waals surface area (Å²) in [5.74, 6) is 0.573. The van der Waals surface area contributed by atoms with Gasteiger partial charge in [-0.25, -0.2) is 4.98 Å². The van der Waals surface area contributed by atoms with Gasteiger partial charge in [0.2, 0.25) is 5.95 Å². The molecule has 0 fully saturated rings. The first kappa shape index (κ1) is 19.3. The number of carbonyl (C=O) groups excluding carboxylic acids is 1. The van der Waals surface area contributed by atoms with Gasteiger partial charge in [0.15, 0.2) is 0 Å². The lowest BCUT2D eigenvalue weighted by Crippen LogP contribution is -2.15. The maximum Gasteiger partial charge on any atom is 0.254 e. The van der Waals surface area contributed by atoms with E-state index in [0.29, 0.717) is 0 Å². The lowest BCUT2D eigenvalue weighted by atomic mass is 10.1. The fourth-order valence-electron chi connectivity index (χ4n) is 3.37. The topological polar surface area (TPSA) is 121 Å². The normalized spacial score (nSPS) is 10.8. The number of nitrogens with zero attached hydrogens (tertiary/aromatic N) is 3. The van der Waals surface area contributed by atoms with E-state index in [1.54, 1.807) is 7.11 Å². The van der Waals surface area contributed by atoms with Crippen molar-refractivity contribution < 1.29 is 9.53 Å². The van der Waals surface area contributed by atoms with Crippen molar-refractivity contribution in [3.63, 3.8) is 0 Å². The summed E-state index contributed by atoms with van der Waals surface area (Å²) in [5, 5.41) is 4.18. The second-order valence-electron chi connectivity index (χ2n) is 6.83. The number of nitrogen functional groups attached to an aromatic ring is 1. The molecule has 8 heteroatoms. The summed E-state index contributed by atoms with van der Waals surface area (Å²) >= 11 is 0. The van der Waals surface area contributed by atoms with Gasteiger partial charge in [-0.2, -0.15) is 4.98 Å². The lowest BCUT2D eigenvalue weighted by Gasteiger charge is -2.11. The minimum Gasteiger partial charge on any atom is -0.497 e. The molecule has 152 valence electrons. The molecule has 4 rings (SSSR count). The molecule has 0 unspecified atom stereocenters. The van der Waals surface area contributed by atoms with Crippen molar-refractivity contribution in [3.05, 3.63) is 72.1 Å². The van der Waals surface area contributed by atoms with E-state index in [-0.39, 0.29) is 17.3 Å². The number of aromatic nitrogens is 3. The zero-order valence-electron chi connectivity index (χ0n) is 16.5. The number of benzene rings is 2. The van der Waals surface area contributed by atoms with Gasteiger partial charge < -0.3 is 26.1 Å². The molecule has 0 atom stereocenters. The maximum atomic E-state index is 11.7. The summed E-state index contributed by atoms with van der Waals surface area (Å²) in [7, 11) is 1.66. The predicted molar refractivity (Wildman–Crippen MR) is 117 cm³/mol. The number of rotatable bonds is 7. The van der Waals surface area contributed by atoms with Crippen molar-refractivity contribution in [3.8, 4) is 5.75 Å². The number of aryl methyl sites for hydroxylation is 2. The minimum atomic E-state index is -0.623. The molecule has 5 N–H and O–H groups in total. The van der Waals surface area contributed by atoms with Crippen molar-refractivity contribution in [1.29, 1.82) is 0 Å². The van der Waals surface area contributed by atoms with E-state index < -0.39 is 5.91 Å². The summed E-state index contributed by atoms with van der Waals surface area (Å²) in [4.78, 5) is 19.7. The Morgan fingerprint density at radius 1 is 1.17 bits per heavy atom. The van der Waals surface area contributed by atoms with E-state index in [1.165, 1.54) is 11.8 Å². The number of methoxy groups -OCH3 is 1. The number of hydrogen-bond donors (Lipinski definition) is 3. The highest BCUT2D eigenvalue weighted by Gasteiger charge is 2.13. The van der Waals surface area contributed by atoms with Crippen LogP contribution >= 0.6 is 0 Å². The lowest BCUT2D eigenvalue weighted by molar-refractivity contribution is 0.100. The molecule has 0 radical (unpaired) electrons. The van der Waals surface area contributed by atoms with Gasteiger partial charge in [0.1, 0.15) is 17.1 Å². The average Bonchev–Trinajstić information content (AvgIpc) is 3.16. The van der Waals surface area contributed by atoms with Crippen molar-refractivity contribution in [2.24, 2.45) is 5.73 Å². The van der Waals surface area contributed by atoms with Crippen molar-refractivity contribution in [1.82, 2.24) is 14.5 Å². The van der Waals surface area contributed by atoms with Crippen LogP contribution in [0.15, 0.2) is 60.9 Å². The summed E-state index contributed by atoms with van der Waals surface area (Å²) < 4.78 is 7.40. The zero-order valence-corrected chi connectivity index (χ0v) is 16.5. The number of carbonyl (C=O) groups is 1. The van der Waals surface area contributed by atoms with Crippen LogP contribution in [0.4, 0.5) is 17.5 Å². The molecule has 4 aromatic rings. The first-order valence-electron chi connectivity index (χ1n) is 9.45. The molecular formula is C22H22N6O2. The number of nitrogens with two attached hydrogens (primary N) is 2. The highest BCUT2D eigenvalue weighted by Crippen LogP contribution is 2.28. The Morgan fingerprint density at radius 3 is 2.70 bits per heavy atom. The van der Waals surface area contributed by atoms with Crippen LogP contribution in [0.25, 0.3) is 10.9 Å². The SMILES string of the molecule is COc1ccc(CCn2ccc3c(Nc4nc(N)ncc4C(N)=O)cccc32)cc1. The van der Waals surface area contributed by atoms with Gasteiger partial charge in [-0.05, 0) is 42.3 Å². The fraction of sp³-hybridized carbons (Fsp3) is 0.136. The van der Waals surface area contributed by atoms with E-state index in [1.807, 2.05) is 36.5 Å². The Balaban J connectivity index is 1.59. The Hall–Kier alpha value is -4.07. The third-order valence-corrected chi connectivity index (χ3v) is 4.94. The molecular weight excluding hydrogens is 380 g/mol. The second-order valence-corrected chi connectivity index (χ2v) is 6.83. The highest BCUT2D eigenvalue weighted by atomic mass is 16.5. The van der Waals surface area contributed by atoms with Crippen molar-refractivity contribution in [2.75, 3.05) is 18.2 Å². The summed E-state index contributed by atoms with van der Waals surface area (Å²) in [6.07, 6.45) is 4.26. The number of ether oxygens (including phenoxy) is 1. The number of anilines is 3. The Labute approximate surface area is 173 Å². The standard InChI is InChI=1S/C22H22N6O2/c1-30-15-7-5-14(6-8-15)9-11-28-12-10-16-18(3-2-4-19(16)28)26-21-17(20(23)29)13-25-22(24)27-21/h2-8,10,12-13H,9,11H2,1H3,(H2,23,29)(H3,24,25,26,27). The van der Waals surface area contributed by atoms with Crippen LogP contribution < -0.4 is 21.5 Å². The van der Waals surface area contributed by atoms with Crippen LogP contribution in [0, 0.1) is 0 Å². The molecule has 0 aliphatic heterocycles. The van der Waals surface area contributed by atoms with Gasteiger partial charge in [-0.3, -0.25) is 4.79 Å². The third-order valence-electron chi connectivity index (χ3n) is 4.94. The first-order valence-corrected chi connectivity index (χ1v) is 9.45. The molecule has 0 spiro atoms. The van der Waals surface area contributed by atoms with Crippen LogP contribution in [0.5, 0.6) is 5.75 Å². The van der Waals surface area contributed by atoms with Crippen LogP contribution in [0.3, 0.4) is 0 Å². The Kier molecular flexibility index (Phi) is 5.21. The van der Waals surface area contributed by atoms with Crippen molar-refractivity contribution >= 4 is 34.3 Å². The fourth-order valence-corrected chi connectivity index (χ4v) is 3.37. The van der Waals surface area contributed by atoms with Crippen LogP contribution in [0.2, 0.25) is 0 Å². The second kappa shape index (κ2) is 8.12. The molecule has 2 heterocycles. The van der Waals surface area contributed by atoms with E-state index >= 15 is 0 Å². The zero-order chi connectivity index (χ0) is 21.1. The van der Waals surface area contributed by atoms with Gasteiger partial charge in [0, 0.05) is 30.0 Å². The Bertz CT molecular complexity index is 1200. The van der Waals surface area contributed by atoms with E-state index in [9.17, 15) is 4.79 Å². The maximum absolute atomic E-state index is 11.7. The Morgan fingerprint density at radius 2 is 1.97 bits per heavy atom. The molecule has 30 heavy (non-hydrogen) atoms. The predicted octanol–water partition coefficient (Wildman–Crippen LogP) is 3.11. The van der Waals surface area contributed by atoms with Crippen LogP contribution in [-0.4, -0.2) is 27.6 Å². The van der Waals surface area contributed by atoms with Crippen LogP contribution in [-0.2, 0) is 13.0 Å². The van der Waals surface area contributed by atoms with E-state index in [4.69, 9.17) is 16.2 Å². The average molecular weight is 402 g/mol. The molecule has 0 aliphatic carbocycles. The van der Waals surface area contributed by atoms with Gasteiger partial charge in [0.05, 0.1) is 12.6 Å². The summed E-state index contributed by atoms with van der Waals surface area (Å²) in [6, 6.07) is 16.0. The largest absolute Gasteiger partial charge is 0.497 e. The molecule has 8 nitrogen and oxygen atoms in total. The third kappa shape index (κ3) is 3.88. The molecule has 0 saturated heterocycles. The van der Waals surface area contributed by atoms with E-state index in [0.717, 1.165) is 35.3 Å².